The molecular weight excluding hydrogens is 921 g/mol. The third-order valence-corrected chi connectivity index (χ3v) is 14.1. The topological polar surface area (TPSA) is 277 Å². The van der Waals surface area contributed by atoms with E-state index in [-0.39, 0.29) is 104 Å². The first-order chi connectivity index (χ1) is 28.0. The van der Waals surface area contributed by atoms with Gasteiger partial charge >= 0.3 is 59.1 Å². The Morgan fingerprint density at radius 2 is 1.37 bits per heavy atom. The minimum atomic E-state index is -4.88. The molecule has 0 aliphatic carbocycles. The van der Waals surface area contributed by atoms with Crippen molar-refractivity contribution in [3.63, 3.8) is 0 Å². The number of amides is 1. The molecule has 3 rings (SSSR count). The predicted molar refractivity (Wildman–Crippen MR) is 227 cm³/mol. The van der Waals surface area contributed by atoms with Gasteiger partial charge in [0, 0.05) is 71.2 Å². The zero-order valence-corrected chi connectivity index (χ0v) is 44.9. The van der Waals surface area contributed by atoms with Gasteiger partial charge in [-0.2, -0.15) is 9.68 Å². The molecule has 1 aromatic rings. The number of nitrogens with zero attached hydrogens (tertiary/aromatic N) is 4. The van der Waals surface area contributed by atoms with Crippen LogP contribution in [0.4, 0.5) is 5.69 Å². The van der Waals surface area contributed by atoms with Gasteiger partial charge in [-0.25, -0.2) is 33.7 Å². The van der Waals surface area contributed by atoms with Crippen LogP contribution in [0.2, 0.25) is 0 Å². The molecule has 2 unspecified atom stereocenters. The fourth-order valence-corrected chi connectivity index (χ4v) is 9.54. The fraction of sp³-hybridized carbons (Fsp3) is 0.615. The molecule has 344 valence electrons. The average molecular weight is 980 g/mol. The number of quaternary nitrogens is 1. The molecule has 0 spiro atoms. The van der Waals surface area contributed by atoms with Crippen molar-refractivity contribution >= 4 is 63.5 Å². The molecule has 0 fully saturated rings. The third-order valence-electron chi connectivity index (χ3n) is 10.9. The number of carbonyl (C=O) groups excluding carboxylic acids is 1. The SMILES string of the molecule is CC1=NN(CCCS(=O)(=O)[O-])/C(=C/C=C/C=C/C2=[N+](CCCCCC(=O)NCC[N+](C)(C)C)c3ccc(S(=O)(=O)[O-])cc3C2(C)CCCS(=O)(=O)[O-])C1(C)CCCS(=O)(=O)[O-].[Na+].[Na+]. The number of benzene rings is 1. The van der Waals surface area contributed by atoms with Crippen molar-refractivity contribution in [3.8, 4) is 0 Å². The quantitative estimate of drug-likeness (QED) is 0.0250. The Morgan fingerprint density at radius 3 is 1.92 bits per heavy atom. The van der Waals surface area contributed by atoms with Gasteiger partial charge in [-0.05, 0) is 83.9 Å². The van der Waals surface area contributed by atoms with Gasteiger partial charge in [-0.3, -0.25) is 9.80 Å². The fourth-order valence-electron chi connectivity index (χ4n) is 7.56. The van der Waals surface area contributed by atoms with Crippen LogP contribution < -0.4 is 64.4 Å². The Bertz CT molecular complexity index is 2380. The molecular formula is C39H59N5Na2O13S4. The maximum atomic E-state index is 12.5. The summed E-state index contributed by atoms with van der Waals surface area (Å²) < 4.78 is 142. The summed E-state index contributed by atoms with van der Waals surface area (Å²) in [5, 5.41) is 9.03. The molecule has 0 saturated carbocycles. The molecule has 2 aliphatic heterocycles. The Labute approximate surface area is 418 Å². The molecule has 0 aromatic heterocycles. The van der Waals surface area contributed by atoms with Crippen LogP contribution in [-0.4, -0.2) is 148 Å². The molecule has 24 heteroatoms. The van der Waals surface area contributed by atoms with Gasteiger partial charge in [0.1, 0.15) is 16.7 Å². The molecule has 1 aromatic carbocycles. The number of nitrogens with one attached hydrogen (secondary N) is 1. The Kier molecular flexibility index (Phi) is 23.3. The number of likely N-dealkylation sites (N-methyl/N-ethyl adjacent to an activating group) is 1. The summed E-state index contributed by atoms with van der Waals surface area (Å²) in [6, 6.07) is 4.02. The molecule has 0 bridgehead atoms. The monoisotopic (exact) mass is 979 g/mol. The zero-order chi connectivity index (χ0) is 46.1. The summed E-state index contributed by atoms with van der Waals surface area (Å²) in [6.07, 6.45) is 10.9. The first-order valence-electron chi connectivity index (χ1n) is 20.0. The van der Waals surface area contributed by atoms with Crippen molar-refractivity contribution in [3.05, 3.63) is 59.8 Å². The van der Waals surface area contributed by atoms with Crippen molar-refractivity contribution in [2.75, 3.05) is 64.6 Å². The number of allylic oxidation sites excluding steroid dienone is 6. The first-order valence-corrected chi connectivity index (χ1v) is 26.1. The number of unbranched alkanes of at least 4 members (excludes halogenated alkanes) is 2. The molecule has 0 saturated heterocycles. The number of rotatable bonds is 25. The molecule has 18 nitrogen and oxygen atoms in total. The Morgan fingerprint density at radius 1 is 0.794 bits per heavy atom. The Balaban J connectivity index is 0.00000992. The van der Waals surface area contributed by atoms with Gasteiger partial charge in [0.15, 0.2) is 5.71 Å². The summed E-state index contributed by atoms with van der Waals surface area (Å²) in [5.41, 5.74) is 0.924. The second kappa shape index (κ2) is 24.6. The summed E-state index contributed by atoms with van der Waals surface area (Å²) in [5.74, 6) is -1.95. The van der Waals surface area contributed by atoms with E-state index in [1.54, 1.807) is 49.2 Å². The summed E-state index contributed by atoms with van der Waals surface area (Å²) in [6.45, 7) is 7.11. The maximum Gasteiger partial charge on any atom is 1.00 e. The normalized spacial score (nSPS) is 20.3. The number of hydrazone groups is 1. The van der Waals surface area contributed by atoms with E-state index in [1.807, 2.05) is 32.6 Å². The van der Waals surface area contributed by atoms with Gasteiger partial charge in [-0.15, -0.1) is 0 Å². The van der Waals surface area contributed by atoms with E-state index in [9.17, 15) is 56.7 Å². The van der Waals surface area contributed by atoms with Crippen LogP contribution in [0.3, 0.4) is 0 Å². The van der Waals surface area contributed by atoms with Crippen LogP contribution in [-0.2, 0) is 50.7 Å². The summed E-state index contributed by atoms with van der Waals surface area (Å²) in [4.78, 5) is 12.0. The van der Waals surface area contributed by atoms with E-state index in [4.69, 9.17) is 0 Å². The van der Waals surface area contributed by atoms with Gasteiger partial charge < -0.3 is 28.0 Å². The molecule has 2 atom stereocenters. The smallest absolute Gasteiger partial charge is 0.748 e. The van der Waals surface area contributed by atoms with Crippen LogP contribution in [0.25, 0.3) is 0 Å². The van der Waals surface area contributed by atoms with Crippen molar-refractivity contribution < 1.29 is 125 Å². The van der Waals surface area contributed by atoms with Crippen LogP contribution in [0.15, 0.2) is 64.3 Å². The summed E-state index contributed by atoms with van der Waals surface area (Å²) >= 11 is 0. The number of hydrogen-bond acceptors (Lipinski definition) is 15. The van der Waals surface area contributed by atoms with Crippen LogP contribution in [0.5, 0.6) is 0 Å². The molecule has 2 heterocycles. The molecule has 2 aliphatic rings. The summed E-state index contributed by atoms with van der Waals surface area (Å²) in [7, 11) is -12.4. The zero-order valence-electron chi connectivity index (χ0n) is 37.7. The third kappa shape index (κ3) is 19.4. The van der Waals surface area contributed by atoms with Gasteiger partial charge in [0.2, 0.25) is 11.6 Å². The van der Waals surface area contributed by atoms with Gasteiger partial charge in [-0.1, -0.05) is 18.2 Å². The largest absolute Gasteiger partial charge is 1.00 e. The average Bonchev–Trinajstić information content (AvgIpc) is 3.46. The standard InChI is InChI=1S/C39H61N5O13S4.2Na/c1-31-38(2,21-13-27-58(46,47)48)36(43(41-31)25-15-29-60(52,53)54)17-10-7-9-16-35-39(3,22-14-28-59(49,50)51)33-30-32(61(55,56)57)19-20-34(33)42(35)24-12-8-11-18-37(45)40-23-26-44(4,5)6;;/h7,9-10,16-17,19-20,30H,8,11-15,18,21-29H2,1-6H3,(H3-2,40,45,46,47,48,49,50,51,52,53,54,55,56,57);;/q;2*+1/p-2. The number of carbonyl (C=O) groups is 1. The van der Waals surface area contributed by atoms with Crippen molar-refractivity contribution in [2.24, 2.45) is 10.5 Å². The molecule has 0 radical (unpaired) electrons. The van der Waals surface area contributed by atoms with E-state index in [2.05, 4.69) is 10.4 Å². The minimum Gasteiger partial charge on any atom is -0.748 e. The van der Waals surface area contributed by atoms with E-state index >= 15 is 0 Å². The second-order valence-electron chi connectivity index (χ2n) is 17.0. The van der Waals surface area contributed by atoms with Crippen molar-refractivity contribution in [1.82, 2.24) is 10.3 Å². The van der Waals surface area contributed by atoms with Crippen LogP contribution in [0, 0.1) is 5.41 Å². The molecule has 1 amide bonds. The first kappa shape index (κ1) is 59.7. The number of hydrogen-bond donors (Lipinski definition) is 1. The Hall–Kier alpha value is -1.35. The van der Waals surface area contributed by atoms with Crippen molar-refractivity contribution in [2.45, 2.75) is 88.9 Å². The van der Waals surface area contributed by atoms with Crippen LogP contribution in [0.1, 0.15) is 84.1 Å². The van der Waals surface area contributed by atoms with Crippen LogP contribution >= 0.6 is 0 Å². The van der Waals surface area contributed by atoms with E-state index < -0.39 is 73.5 Å². The van der Waals surface area contributed by atoms with Gasteiger partial charge in [0.25, 0.3) is 0 Å². The molecule has 63 heavy (non-hydrogen) atoms. The minimum absolute atomic E-state index is 0. The van der Waals surface area contributed by atoms with E-state index in [0.29, 0.717) is 71.6 Å². The maximum absolute atomic E-state index is 12.5. The molecule has 1 N–H and O–H groups in total. The van der Waals surface area contributed by atoms with Gasteiger partial charge in [0.05, 0.1) is 74.9 Å². The van der Waals surface area contributed by atoms with E-state index in [0.717, 1.165) is 6.54 Å². The van der Waals surface area contributed by atoms with Crippen molar-refractivity contribution in [1.29, 1.82) is 0 Å². The van der Waals surface area contributed by atoms with E-state index in [1.165, 1.54) is 18.2 Å². The predicted octanol–water partition coefficient (Wildman–Crippen LogP) is -3.38. The second-order valence-corrected chi connectivity index (χ2v) is 22.9. The number of fused-ring (bicyclic) bond motifs is 1.